The van der Waals surface area contributed by atoms with Crippen molar-refractivity contribution in [1.82, 2.24) is 9.97 Å². The summed E-state index contributed by atoms with van der Waals surface area (Å²) >= 11 is 0. The minimum atomic E-state index is -0.605. The fourth-order valence-electron chi connectivity index (χ4n) is 1.57. The number of nitrogens with one attached hydrogen (secondary N) is 1. The van der Waals surface area contributed by atoms with Gasteiger partial charge in [-0.25, -0.2) is 4.98 Å². The standard InChI is InChI=1S/C13H11N5O3/c1-8-7-16-13(15-2)17-12(8)21-11-4-3-9(6-14)5-10(11)18(19)20/h3-5,7H,1-2H3,(H,15,16,17). The zero-order valence-electron chi connectivity index (χ0n) is 11.3. The molecule has 1 aromatic carbocycles. The van der Waals surface area contributed by atoms with E-state index in [2.05, 4.69) is 15.3 Å². The molecule has 1 aromatic heterocycles. The summed E-state index contributed by atoms with van der Waals surface area (Å²) in [5.41, 5.74) is 0.523. The first-order valence-corrected chi connectivity index (χ1v) is 5.93. The first-order valence-electron chi connectivity index (χ1n) is 5.93. The van der Waals surface area contributed by atoms with Gasteiger partial charge >= 0.3 is 5.69 Å². The zero-order valence-corrected chi connectivity index (χ0v) is 11.3. The lowest BCUT2D eigenvalue weighted by Gasteiger charge is -2.09. The van der Waals surface area contributed by atoms with Crippen LogP contribution >= 0.6 is 0 Å². The molecule has 1 heterocycles. The van der Waals surface area contributed by atoms with E-state index in [-0.39, 0.29) is 22.9 Å². The van der Waals surface area contributed by atoms with Gasteiger partial charge in [0.2, 0.25) is 17.6 Å². The summed E-state index contributed by atoms with van der Waals surface area (Å²) < 4.78 is 5.50. The highest BCUT2D eigenvalue weighted by Crippen LogP contribution is 2.32. The van der Waals surface area contributed by atoms with Gasteiger partial charge in [0.05, 0.1) is 16.6 Å². The molecule has 106 valence electrons. The van der Waals surface area contributed by atoms with E-state index in [4.69, 9.17) is 10.00 Å². The van der Waals surface area contributed by atoms with Gasteiger partial charge < -0.3 is 10.1 Å². The molecule has 1 N–H and O–H groups in total. The van der Waals surface area contributed by atoms with E-state index < -0.39 is 4.92 Å². The highest BCUT2D eigenvalue weighted by atomic mass is 16.6. The number of aryl methyl sites for hydroxylation is 1. The van der Waals surface area contributed by atoms with Crippen molar-refractivity contribution in [2.75, 3.05) is 12.4 Å². The van der Waals surface area contributed by atoms with Gasteiger partial charge in [-0.05, 0) is 19.1 Å². The monoisotopic (exact) mass is 285 g/mol. The minimum Gasteiger partial charge on any atom is -0.431 e. The lowest BCUT2D eigenvalue weighted by molar-refractivity contribution is -0.385. The molecule has 0 unspecified atom stereocenters. The number of benzene rings is 1. The second-order valence-electron chi connectivity index (χ2n) is 4.09. The Morgan fingerprint density at radius 3 is 2.86 bits per heavy atom. The van der Waals surface area contributed by atoms with Crippen molar-refractivity contribution >= 4 is 11.6 Å². The lowest BCUT2D eigenvalue weighted by Crippen LogP contribution is -2.01. The Kier molecular flexibility index (Phi) is 3.95. The van der Waals surface area contributed by atoms with Crippen molar-refractivity contribution in [3.8, 4) is 17.7 Å². The smallest absolute Gasteiger partial charge is 0.312 e. The molecule has 8 heteroatoms. The molecule has 0 aliphatic carbocycles. The number of nitriles is 1. The predicted octanol–water partition coefficient (Wildman–Crippen LogP) is 2.40. The summed E-state index contributed by atoms with van der Waals surface area (Å²) in [7, 11) is 1.65. The Morgan fingerprint density at radius 1 is 1.48 bits per heavy atom. The van der Waals surface area contributed by atoms with E-state index in [9.17, 15) is 10.1 Å². The third kappa shape index (κ3) is 3.03. The molecule has 0 bridgehead atoms. The second-order valence-corrected chi connectivity index (χ2v) is 4.09. The normalized spacial score (nSPS) is 9.76. The molecule has 21 heavy (non-hydrogen) atoms. The van der Waals surface area contributed by atoms with Gasteiger partial charge in [0.15, 0.2) is 0 Å². The first kappa shape index (κ1) is 14.2. The van der Waals surface area contributed by atoms with Gasteiger partial charge in [-0.15, -0.1) is 0 Å². The Morgan fingerprint density at radius 2 is 2.24 bits per heavy atom. The molecule has 0 spiro atoms. The van der Waals surface area contributed by atoms with E-state index in [1.807, 2.05) is 6.07 Å². The summed E-state index contributed by atoms with van der Waals surface area (Å²) in [4.78, 5) is 18.6. The molecule has 0 saturated heterocycles. The maximum atomic E-state index is 11.1. The zero-order chi connectivity index (χ0) is 15.4. The lowest BCUT2D eigenvalue weighted by atomic mass is 10.2. The predicted molar refractivity (Wildman–Crippen MR) is 74.2 cm³/mol. The maximum Gasteiger partial charge on any atom is 0.312 e. The van der Waals surface area contributed by atoms with Gasteiger partial charge in [0.25, 0.3) is 0 Å². The van der Waals surface area contributed by atoms with Crippen LogP contribution in [0, 0.1) is 28.4 Å². The quantitative estimate of drug-likeness (QED) is 0.677. The molecule has 2 rings (SSSR count). The van der Waals surface area contributed by atoms with Gasteiger partial charge in [-0.3, -0.25) is 10.1 Å². The third-order valence-electron chi connectivity index (χ3n) is 2.64. The molecule has 0 aliphatic rings. The van der Waals surface area contributed by atoms with Crippen LogP contribution in [0.2, 0.25) is 0 Å². The summed E-state index contributed by atoms with van der Waals surface area (Å²) in [6, 6.07) is 5.82. The van der Waals surface area contributed by atoms with Gasteiger partial charge in [0, 0.05) is 24.9 Å². The molecule has 0 radical (unpaired) electrons. The van der Waals surface area contributed by atoms with Gasteiger partial charge in [0.1, 0.15) is 0 Å². The van der Waals surface area contributed by atoms with Crippen LogP contribution in [-0.2, 0) is 0 Å². The Balaban J connectivity index is 2.44. The van der Waals surface area contributed by atoms with E-state index in [1.165, 1.54) is 12.1 Å². The average molecular weight is 285 g/mol. The van der Waals surface area contributed by atoms with Crippen LogP contribution in [0.1, 0.15) is 11.1 Å². The molecule has 0 aliphatic heterocycles. The topological polar surface area (TPSA) is 114 Å². The molecule has 0 amide bonds. The largest absolute Gasteiger partial charge is 0.431 e. The number of ether oxygens (including phenoxy) is 1. The van der Waals surface area contributed by atoms with E-state index >= 15 is 0 Å². The molecule has 0 saturated carbocycles. The number of aromatic nitrogens is 2. The maximum absolute atomic E-state index is 11.1. The molecule has 0 atom stereocenters. The Labute approximate surface area is 120 Å². The van der Waals surface area contributed by atoms with Crippen LogP contribution in [0.25, 0.3) is 0 Å². The van der Waals surface area contributed by atoms with Crippen molar-refractivity contribution in [2.45, 2.75) is 6.92 Å². The van der Waals surface area contributed by atoms with Crippen LogP contribution in [-0.4, -0.2) is 21.9 Å². The number of nitrogens with zero attached hydrogens (tertiary/aromatic N) is 4. The van der Waals surface area contributed by atoms with Gasteiger partial charge in [-0.1, -0.05) is 0 Å². The summed E-state index contributed by atoms with van der Waals surface area (Å²) in [5.74, 6) is 0.567. The molecular weight excluding hydrogens is 274 g/mol. The summed E-state index contributed by atoms with van der Waals surface area (Å²) in [5, 5.41) is 22.6. The van der Waals surface area contributed by atoms with Crippen LogP contribution in [0.15, 0.2) is 24.4 Å². The number of hydrogen-bond donors (Lipinski definition) is 1. The molecule has 0 fully saturated rings. The van der Waals surface area contributed by atoms with E-state index in [0.717, 1.165) is 6.07 Å². The van der Waals surface area contributed by atoms with Crippen molar-refractivity contribution in [3.63, 3.8) is 0 Å². The highest BCUT2D eigenvalue weighted by molar-refractivity contribution is 5.53. The van der Waals surface area contributed by atoms with Crippen molar-refractivity contribution < 1.29 is 9.66 Å². The number of nitro benzene ring substituents is 1. The SMILES string of the molecule is CNc1ncc(C)c(Oc2ccc(C#N)cc2[N+](=O)[O-])n1. The number of nitro groups is 1. The third-order valence-corrected chi connectivity index (χ3v) is 2.64. The summed E-state index contributed by atoms with van der Waals surface area (Å²) in [6.07, 6.45) is 1.55. The molecular formula is C13H11N5O3. The first-order chi connectivity index (χ1) is 10.0. The molecule has 8 nitrogen and oxygen atoms in total. The highest BCUT2D eigenvalue weighted by Gasteiger charge is 2.18. The second kappa shape index (κ2) is 5.83. The van der Waals surface area contributed by atoms with E-state index in [1.54, 1.807) is 20.2 Å². The fraction of sp³-hybridized carbons (Fsp3) is 0.154. The number of rotatable bonds is 4. The van der Waals surface area contributed by atoms with Crippen LogP contribution in [0.3, 0.4) is 0 Å². The molecule has 2 aromatic rings. The van der Waals surface area contributed by atoms with Crippen molar-refractivity contribution in [3.05, 3.63) is 45.6 Å². The van der Waals surface area contributed by atoms with Crippen molar-refractivity contribution in [1.29, 1.82) is 5.26 Å². The summed E-state index contributed by atoms with van der Waals surface area (Å²) in [6.45, 7) is 1.73. The number of anilines is 1. The van der Waals surface area contributed by atoms with Crippen LogP contribution in [0.4, 0.5) is 11.6 Å². The van der Waals surface area contributed by atoms with Gasteiger partial charge in [-0.2, -0.15) is 10.2 Å². The fourth-order valence-corrected chi connectivity index (χ4v) is 1.57. The van der Waals surface area contributed by atoms with Crippen LogP contribution in [0.5, 0.6) is 11.6 Å². The Bertz CT molecular complexity index is 739. The average Bonchev–Trinajstić information content (AvgIpc) is 2.49. The Hall–Kier alpha value is -3.21. The van der Waals surface area contributed by atoms with E-state index in [0.29, 0.717) is 11.5 Å². The van der Waals surface area contributed by atoms with Crippen molar-refractivity contribution in [2.24, 2.45) is 0 Å². The number of hydrogen-bond acceptors (Lipinski definition) is 7. The minimum absolute atomic E-state index is 0.0165. The van der Waals surface area contributed by atoms with Crippen LogP contribution < -0.4 is 10.1 Å².